The summed E-state index contributed by atoms with van der Waals surface area (Å²) in [6.07, 6.45) is 3.23. The number of carbonyl (C=O) groups excluding carboxylic acids is 2. The normalized spacial score (nSPS) is 21.9. The molecule has 5 rings (SSSR count). The molecule has 164 valence electrons. The molecule has 2 aromatic rings. The van der Waals surface area contributed by atoms with Gasteiger partial charge in [-0.25, -0.2) is 0 Å². The quantitative estimate of drug-likeness (QED) is 0.735. The zero-order chi connectivity index (χ0) is 23.3. The van der Waals surface area contributed by atoms with Crippen molar-refractivity contribution in [2.45, 2.75) is 31.6 Å². The van der Waals surface area contributed by atoms with Gasteiger partial charge in [-0.3, -0.25) is 14.5 Å². The maximum Gasteiger partial charge on any atom is 0.248 e. The summed E-state index contributed by atoms with van der Waals surface area (Å²) < 4.78 is 0. The number of anilines is 2. The average molecular weight is 437 g/mol. The van der Waals surface area contributed by atoms with E-state index in [9.17, 15) is 14.9 Å². The number of carbonyl (C=O) groups is 2. The Balaban J connectivity index is 1.89. The molecule has 0 radical (unpaired) electrons. The molecule has 1 spiro atoms. The Morgan fingerprint density at radius 2 is 1.97 bits per heavy atom. The lowest BCUT2D eigenvalue weighted by Gasteiger charge is -2.43. The first-order chi connectivity index (χ1) is 16.0. The van der Waals surface area contributed by atoms with Crippen molar-refractivity contribution >= 4 is 23.1 Å². The minimum absolute atomic E-state index is 0.0991. The molecule has 0 aromatic heterocycles. The second-order valence-electron chi connectivity index (χ2n) is 8.62. The summed E-state index contributed by atoms with van der Waals surface area (Å²) in [4.78, 5) is 31.1. The fourth-order valence-electron chi connectivity index (χ4n) is 5.50. The number of rotatable bonds is 3. The number of nitriles is 1. The largest absolute Gasteiger partial charge is 0.384 e. The van der Waals surface area contributed by atoms with Gasteiger partial charge in [0.15, 0.2) is 5.78 Å². The molecule has 6 heteroatoms. The van der Waals surface area contributed by atoms with E-state index in [0.29, 0.717) is 41.8 Å². The third-order valence-electron chi connectivity index (χ3n) is 6.75. The molecule has 0 bridgehead atoms. The van der Waals surface area contributed by atoms with Crippen molar-refractivity contribution in [1.82, 2.24) is 0 Å². The Hall–Kier alpha value is -4.11. The first-order valence-corrected chi connectivity index (χ1v) is 11.0. The maximum atomic E-state index is 14.2. The molecule has 0 fully saturated rings. The molecular weight excluding hydrogens is 412 g/mol. The smallest absolute Gasteiger partial charge is 0.248 e. The molecule has 2 aromatic carbocycles. The molecule has 3 aliphatic rings. The first kappa shape index (κ1) is 20.8. The molecule has 1 aliphatic carbocycles. The van der Waals surface area contributed by atoms with Gasteiger partial charge >= 0.3 is 0 Å². The molecular formula is C27H24N4O2. The summed E-state index contributed by atoms with van der Waals surface area (Å²) >= 11 is 0. The van der Waals surface area contributed by atoms with Crippen molar-refractivity contribution in [3.8, 4) is 6.07 Å². The van der Waals surface area contributed by atoms with E-state index in [-0.39, 0.29) is 29.6 Å². The number of hydrogen-bond acceptors (Lipinski definition) is 5. The van der Waals surface area contributed by atoms with Crippen LogP contribution in [-0.4, -0.2) is 18.2 Å². The number of amides is 1. The number of hydrogen-bond donors (Lipinski definition) is 1. The van der Waals surface area contributed by atoms with E-state index in [1.807, 2.05) is 55.5 Å². The number of ketones is 1. The zero-order valence-corrected chi connectivity index (χ0v) is 18.5. The van der Waals surface area contributed by atoms with Crippen molar-refractivity contribution in [3.63, 3.8) is 0 Å². The van der Waals surface area contributed by atoms with Gasteiger partial charge in [-0.2, -0.15) is 5.26 Å². The van der Waals surface area contributed by atoms with E-state index in [4.69, 9.17) is 5.73 Å². The van der Waals surface area contributed by atoms with E-state index in [0.717, 1.165) is 11.3 Å². The van der Waals surface area contributed by atoms with Gasteiger partial charge < -0.3 is 10.6 Å². The standard InChI is InChI=1S/C27H24N4O2/c1-3-14-30-21-11-5-4-10-19(21)27(26(30)33)20(16-28)25(29)31(18-9-6-8-17(2)15-18)22-12-7-13-23(32)24(22)27/h3-6,8-11,15H,1,7,12-14,29H2,2H3. The summed E-state index contributed by atoms with van der Waals surface area (Å²) in [5.41, 5.74) is 9.47. The third-order valence-corrected chi connectivity index (χ3v) is 6.75. The Morgan fingerprint density at radius 3 is 2.70 bits per heavy atom. The van der Waals surface area contributed by atoms with Gasteiger partial charge in [-0.05, 0) is 43.5 Å². The first-order valence-electron chi connectivity index (χ1n) is 11.0. The van der Waals surface area contributed by atoms with Crippen LogP contribution in [0.5, 0.6) is 0 Å². The van der Waals surface area contributed by atoms with Crippen LogP contribution >= 0.6 is 0 Å². The van der Waals surface area contributed by atoms with E-state index in [2.05, 4.69) is 12.6 Å². The molecule has 2 N–H and O–H groups in total. The van der Waals surface area contributed by atoms with Crippen molar-refractivity contribution < 1.29 is 9.59 Å². The van der Waals surface area contributed by atoms with Crippen LogP contribution in [0.15, 0.2) is 83.9 Å². The van der Waals surface area contributed by atoms with Gasteiger partial charge in [0.2, 0.25) is 5.91 Å². The average Bonchev–Trinajstić information content (AvgIpc) is 3.04. The lowest BCUT2D eigenvalue weighted by Crippen LogP contribution is -2.52. The third kappa shape index (κ3) is 2.66. The van der Waals surface area contributed by atoms with Crippen LogP contribution in [-0.2, 0) is 15.0 Å². The monoisotopic (exact) mass is 436 g/mol. The molecule has 33 heavy (non-hydrogen) atoms. The van der Waals surface area contributed by atoms with Gasteiger partial charge in [0.1, 0.15) is 17.3 Å². The number of fused-ring (bicyclic) bond motifs is 3. The van der Waals surface area contributed by atoms with Crippen LogP contribution in [0.1, 0.15) is 30.4 Å². The predicted octanol–water partition coefficient (Wildman–Crippen LogP) is 3.99. The number of benzene rings is 2. The molecule has 6 nitrogen and oxygen atoms in total. The molecule has 2 aliphatic heterocycles. The molecule has 1 atom stereocenters. The summed E-state index contributed by atoms with van der Waals surface area (Å²) in [7, 11) is 0. The van der Waals surface area contributed by atoms with Crippen LogP contribution in [0.25, 0.3) is 0 Å². The highest BCUT2D eigenvalue weighted by atomic mass is 16.2. The van der Waals surface area contributed by atoms with Gasteiger partial charge in [-0.1, -0.05) is 36.4 Å². The SMILES string of the molecule is C=CCN1C(=O)C2(C(C#N)=C(N)N(c3cccc(C)c3)C3=C2C(=O)CCC3)c2ccccc21. The molecule has 0 saturated carbocycles. The summed E-state index contributed by atoms with van der Waals surface area (Å²) in [5, 5.41) is 10.4. The minimum Gasteiger partial charge on any atom is -0.384 e. The van der Waals surface area contributed by atoms with Crippen molar-refractivity contribution in [1.29, 1.82) is 5.26 Å². The van der Waals surface area contributed by atoms with E-state index < -0.39 is 5.41 Å². The van der Waals surface area contributed by atoms with E-state index >= 15 is 0 Å². The zero-order valence-electron chi connectivity index (χ0n) is 18.5. The van der Waals surface area contributed by atoms with Crippen LogP contribution in [0.2, 0.25) is 0 Å². The lowest BCUT2D eigenvalue weighted by atomic mass is 9.63. The Bertz CT molecular complexity index is 1330. The Kier molecular flexibility index (Phi) is 4.71. The second kappa shape index (κ2) is 7.49. The van der Waals surface area contributed by atoms with Crippen LogP contribution in [0.4, 0.5) is 11.4 Å². The summed E-state index contributed by atoms with van der Waals surface area (Å²) in [5.74, 6) is -0.243. The van der Waals surface area contributed by atoms with Crippen molar-refractivity contribution in [2.75, 3.05) is 16.3 Å². The number of aryl methyl sites for hydroxylation is 1. The molecule has 2 heterocycles. The number of nitrogens with zero attached hydrogens (tertiary/aromatic N) is 3. The van der Waals surface area contributed by atoms with Crippen molar-refractivity contribution in [2.24, 2.45) is 5.73 Å². The number of para-hydroxylation sites is 1. The minimum atomic E-state index is -1.54. The molecule has 1 unspecified atom stereocenters. The van der Waals surface area contributed by atoms with Crippen LogP contribution < -0.4 is 15.5 Å². The maximum absolute atomic E-state index is 14.2. The number of allylic oxidation sites excluding steroid dienone is 1. The highest BCUT2D eigenvalue weighted by molar-refractivity contribution is 6.20. The van der Waals surface area contributed by atoms with Crippen molar-refractivity contribution in [3.05, 3.63) is 95.0 Å². The van der Waals surface area contributed by atoms with Gasteiger partial charge in [-0.15, -0.1) is 6.58 Å². The highest BCUT2D eigenvalue weighted by Gasteiger charge is 2.62. The van der Waals surface area contributed by atoms with Crippen LogP contribution in [0, 0.1) is 18.3 Å². The predicted molar refractivity (Wildman–Crippen MR) is 127 cm³/mol. The summed E-state index contributed by atoms with van der Waals surface area (Å²) in [6.45, 7) is 6.04. The Labute approximate surface area is 192 Å². The van der Waals surface area contributed by atoms with E-state index in [1.54, 1.807) is 15.9 Å². The highest BCUT2D eigenvalue weighted by Crippen LogP contribution is 2.56. The molecule has 1 amide bonds. The van der Waals surface area contributed by atoms with E-state index in [1.165, 1.54) is 0 Å². The summed E-state index contributed by atoms with van der Waals surface area (Å²) in [6, 6.07) is 17.4. The Morgan fingerprint density at radius 1 is 1.18 bits per heavy atom. The molecule has 0 saturated heterocycles. The lowest BCUT2D eigenvalue weighted by molar-refractivity contribution is -0.124. The van der Waals surface area contributed by atoms with Gasteiger partial charge in [0.25, 0.3) is 0 Å². The number of Topliss-reactive ketones (excluding diaryl/α,β-unsaturated/α-hetero) is 1. The number of nitrogens with two attached hydrogens (primary N) is 1. The van der Waals surface area contributed by atoms with Gasteiger partial charge in [0.05, 0.1) is 5.57 Å². The second-order valence-corrected chi connectivity index (χ2v) is 8.62. The van der Waals surface area contributed by atoms with Crippen LogP contribution in [0.3, 0.4) is 0 Å². The fourth-order valence-corrected chi connectivity index (χ4v) is 5.50. The van der Waals surface area contributed by atoms with Gasteiger partial charge in [0, 0.05) is 41.2 Å². The fraction of sp³-hybridized carbons (Fsp3) is 0.222. The topological polar surface area (TPSA) is 90.4 Å².